The van der Waals surface area contributed by atoms with Crippen molar-refractivity contribution < 1.29 is 23.1 Å². The Bertz CT molecular complexity index is 738. The maximum Gasteiger partial charge on any atom is 0.353 e. The highest BCUT2D eigenvalue weighted by Gasteiger charge is 2.56. The number of fused-ring (bicyclic) bond motifs is 1. The summed E-state index contributed by atoms with van der Waals surface area (Å²) in [5.74, 6) is -1.37. The number of hydrogen-bond donors (Lipinski definition) is 4. The number of hydrogen-bond acceptors (Lipinski definition) is 6. The van der Waals surface area contributed by atoms with Gasteiger partial charge in [-0.05, 0) is 6.42 Å². The predicted molar refractivity (Wildman–Crippen MR) is 92.5 cm³/mol. The number of carbonyl (C=O) groups excluding carboxylic acids is 1. The summed E-state index contributed by atoms with van der Waals surface area (Å²) in [6.45, 7) is 4.62. The maximum absolute atomic E-state index is 12.0. The minimum atomic E-state index is -3.73. The molecule has 2 saturated heterocycles. The lowest BCUT2D eigenvalue weighted by Gasteiger charge is -2.43. The lowest BCUT2D eigenvalue weighted by Crippen LogP contribution is -2.59. The van der Waals surface area contributed by atoms with Gasteiger partial charge in [0.25, 0.3) is 10.2 Å². The molecule has 0 bridgehead atoms. The van der Waals surface area contributed by atoms with Gasteiger partial charge >= 0.3 is 5.97 Å². The minimum absolute atomic E-state index is 0.00889. The molecule has 2 fully saturated rings. The van der Waals surface area contributed by atoms with E-state index in [0.29, 0.717) is 13.0 Å². The van der Waals surface area contributed by atoms with E-state index in [9.17, 15) is 23.1 Å². The highest BCUT2D eigenvalue weighted by Crippen LogP contribution is 2.50. The van der Waals surface area contributed by atoms with Crippen molar-refractivity contribution in [1.82, 2.24) is 14.9 Å². The fourth-order valence-corrected chi connectivity index (χ4v) is 5.81. The van der Waals surface area contributed by atoms with Gasteiger partial charge in [0.15, 0.2) is 0 Å². The zero-order chi connectivity index (χ0) is 18.5. The molecule has 3 aliphatic rings. The Morgan fingerprint density at radius 3 is 2.72 bits per heavy atom. The van der Waals surface area contributed by atoms with Gasteiger partial charge < -0.3 is 15.3 Å². The number of β-lactam (4-membered cyclic amide) rings is 1. The lowest BCUT2D eigenvalue weighted by molar-refractivity contribution is -0.155. The van der Waals surface area contributed by atoms with Gasteiger partial charge in [-0.15, -0.1) is 11.8 Å². The van der Waals surface area contributed by atoms with Crippen LogP contribution in [0.3, 0.4) is 0 Å². The number of thioether (sulfide) groups is 1. The Morgan fingerprint density at radius 1 is 1.44 bits per heavy atom. The van der Waals surface area contributed by atoms with Crippen molar-refractivity contribution in [2.75, 3.05) is 13.1 Å². The molecular formula is C14H22N4O5S2. The second kappa shape index (κ2) is 6.54. The van der Waals surface area contributed by atoms with Gasteiger partial charge in [-0.1, -0.05) is 13.8 Å². The first-order chi connectivity index (χ1) is 11.6. The smallest absolute Gasteiger partial charge is 0.353 e. The quantitative estimate of drug-likeness (QED) is 0.428. The summed E-state index contributed by atoms with van der Waals surface area (Å²) in [4.78, 5) is 25.9. The third-order valence-electron chi connectivity index (χ3n) is 5.05. The average molecular weight is 390 g/mol. The van der Waals surface area contributed by atoms with Crippen molar-refractivity contribution in [2.45, 2.75) is 37.6 Å². The van der Waals surface area contributed by atoms with E-state index in [2.05, 4.69) is 10.0 Å². The number of carboxylic acids is 1. The van der Waals surface area contributed by atoms with Crippen LogP contribution in [-0.2, 0) is 19.8 Å². The number of amides is 1. The first-order valence-corrected chi connectivity index (χ1v) is 10.5. The molecule has 25 heavy (non-hydrogen) atoms. The largest absolute Gasteiger partial charge is 0.477 e. The summed E-state index contributed by atoms with van der Waals surface area (Å²) >= 11 is 1.48. The number of nitrogens with one attached hydrogen (secondary N) is 2. The highest BCUT2D eigenvalue weighted by atomic mass is 32.2. The molecule has 5 unspecified atom stereocenters. The first kappa shape index (κ1) is 18.6. The predicted octanol–water partition coefficient (Wildman–Crippen LogP) is -0.964. The molecule has 0 aliphatic carbocycles. The van der Waals surface area contributed by atoms with E-state index in [-0.39, 0.29) is 47.3 Å². The van der Waals surface area contributed by atoms with Crippen LogP contribution in [-0.4, -0.2) is 60.7 Å². The molecule has 0 radical (unpaired) electrons. The van der Waals surface area contributed by atoms with Crippen molar-refractivity contribution >= 4 is 33.8 Å². The highest BCUT2D eigenvalue weighted by molar-refractivity contribution is 8.03. The Kier molecular flexibility index (Phi) is 4.88. The second-order valence-corrected chi connectivity index (χ2v) is 9.49. The van der Waals surface area contributed by atoms with Crippen LogP contribution in [0.2, 0.25) is 0 Å². The molecular weight excluding hydrogens is 368 g/mol. The summed E-state index contributed by atoms with van der Waals surface area (Å²) < 4.78 is 24.2. The van der Waals surface area contributed by atoms with Crippen molar-refractivity contribution in [3.8, 4) is 0 Å². The van der Waals surface area contributed by atoms with E-state index in [0.717, 1.165) is 4.91 Å². The molecule has 5 N–H and O–H groups in total. The van der Waals surface area contributed by atoms with Crippen LogP contribution < -0.4 is 15.2 Å². The van der Waals surface area contributed by atoms with Crippen LogP contribution in [0.25, 0.3) is 0 Å². The van der Waals surface area contributed by atoms with Crippen molar-refractivity contribution in [1.29, 1.82) is 0 Å². The van der Waals surface area contributed by atoms with Crippen LogP contribution in [0.4, 0.5) is 0 Å². The maximum atomic E-state index is 12.0. The normalized spacial score (nSPS) is 35.1. The Morgan fingerprint density at radius 2 is 2.12 bits per heavy atom. The Hall–Kier alpha value is -1.14. The number of carbonyl (C=O) groups is 2. The zero-order valence-corrected chi connectivity index (χ0v) is 15.6. The van der Waals surface area contributed by atoms with Gasteiger partial charge in [-0.2, -0.15) is 8.42 Å². The minimum Gasteiger partial charge on any atom is -0.477 e. The van der Waals surface area contributed by atoms with Gasteiger partial charge in [0, 0.05) is 35.2 Å². The molecule has 3 aliphatic heterocycles. The van der Waals surface area contributed by atoms with E-state index < -0.39 is 16.2 Å². The molecule has 0 saturated carbocycles. The molecule has 0 spiro atoms. The molecule has 11 heteroatoms. The van der Waals surface area contributed by atoms with E-state index >= 15 is 0 Å². The lowest BCUT2D eigenvalue weighted by atomic mass is 9.84. The van der Waals surface area contributed by atoms with Crippen LogP contribution >= 0.6 is 11.8 Å². The fourth-order valence-electron chi connectivity index (χ4n) is 3.85. The first-order valence-electron chi connectivity index (χ1n) is 8.08. The second-order valence-electron chi connectivity index (χ2n) is 6.77. The Balaban J connectivity index is 1.68. The number of rotatable bonds is 6. The fraction of sp³-hybridized carbons (Fsp3) is 0.714. The van der Waals surface area contributed by atoms with Crippen LogP contribution in [0, 0.1) is 11.8 Å². The van der Waals surface area contributed by atoms with Gasteiger partial charge in [-0.3, -0.25) is 4.79 Å². The summed E-state index contributed by atoms with van der Waals surface area (Å²) in [7, 11) is -3.73. The van der Waals surface area contributed by atoms with Crippen molar-refractivity contribution in [2.24, 2.45) is 17.0 Å². The number of nitrogens with zero attached hydrogens (tertiary/aromatic N) is 1. The molecule has 0 aromatic carbocycles. The van der Waals surface area contributed by atoms with E-state index in [1.807, 2.05) is 13.8 Å². The topological polar surface area (TPSA) is 142 Å². The molecule has 140 valence electrons. The summed E-state index contributed by atoms with van der Waals surface area (Å²) in [6.07, 6.45) is 0.685. The van der Waals surface area contributed by atoms with Gasteiger partial charge in [0.2, 0.25) is 5.91 Å². The Labute approximate surface area is 150 Å². The molecule has 3 rings (SSSR count). The number of aliphatic carboxylic acids is 1. The monoisotopic (exact) mass is 390 g/mol. The van der Waals surface area contributed by atoms with E-state index in [1.54, 1.807) is 0 Å². The van der Waals surface area contributed by atoms with Gasteiger partial charge in [-0.25, -0.2) is 14.7 Å². The van der Waals surface area contributed by atoms with Crippen molar-refractivity contribution in [3.63, 3.8) is 0 Å². The summed E-state index contributed by atoms with van der Waals surface area (Å²) in [6, 6.07) is -0.130. The van der Waals surface area contributed by atoms with Gasteiger partial charge in [0.1, 0.15) is 5.70 Å². The third kappa shape index (κ3) is 3.43. The number of nitrogens with two attached hydrogens (primary N) is 1. The standard InChI is InChI=1S/C14H22N4O5S2/c1-6-10-7(2)13(19)18(10)11(14(20)21)12(6)24-9-3-8(16-5-9)4-17-25(15,22)23/h6-10,16-17H,3-5H2,1-2H3,(H,20,21)(H2,15,22,23). The van der Waals surface area contributed by atoms with Crippen LogP contribution in [0.15, 0.2) is 10.6 Å². The summed E-state index contributed by atoms with van der Waals surface area (Å²) in [5.41, 5.74) is 0.108. The molecule has 5 atom stereocenters. The zero-order valence-electron chi connectivity index (χ0n) is 13.9. The average Bonchev–Trinajstić information content (AvgIpc) is 3.06. The molecule has 3 heterocycles. The SMILES string of the molecule is CC1C(=O)N2C(C(=O)O)=C(SC3CNC(CNS(N)(=O)=O)C3)C(C)C12. The van der Waals surface area contributed by atoms with Crippen molar-refractivity contribution in [3.05, 3.63) is 10.6 Å². The molecule has 9 nitrogen and oxygen atoms in total. The van der Waals surface area contributed by atoms with Crippen LogP contribution in [0.5, 0.6) is 0 Å². The molecule has 0 aromatic rings. The third-order valence-corrected chi connectivity index (χ3v) is 7.13. The van der Waals surface area contributed by atoms with Gasteiger partial charge in [0.05, 0.1) is 12.0 Å². The van der Waals surface area contributed by atoms with Crippen LogP contribution in [0.1, 0.15) is 20.3 Å². The number of carboxylic acid groups (broad SMARTS) is 1. The molecule has 1 amide bonds. The molecule has 0 aromatic heterocycles. The summed E-state index contributed by atoms with van der Waals surface area (Å²) in [5, 5.41) is 17.8. The van der Waals surface area contributed by atoms with E-state index in [1.165, 1.54) is 16.7 Å². The van der Waals surface area contributed by atoms with E-state index in [4.69, 9.17) is 5.14 Å².